The summed E-state index contributed by atoms with van der Waals surface area (Å²) in [6, 6.07) is 6.76. The van der Waals surface area contributed by atoms with Crippen molar-refractivity contribution in [3.05, 3.63) is 51.1 Å². The summed E-state index contributed by atoms with van der Waals surface area (Å²) < 4.78 is 1.48. The maximum atomic E-state index is 12.5. The van der Waals surface area contributed by atoms with Crippen molar-refractivity contribution >= 4 is 39.9 Å². The summed E-state index contributed by atoms with van der Waals surface area (Å²) in [4.78, 5) is 38.3. The molecule has 0 bridgehead atoms. The molecule has 0 aliphatic carbocycles. The van der Waals surface area contributed by atoms with Crippen molar-refractivity contribution in [2.75, 3.05) is 7.05 Å². The SMILES string of the molecule is C=c1c2ccc3c4c(ccc(c(=O)n1C)c42)C(=O)N(C)C3=O. The van der Waals surface area contributed by atoms with E-state index in [1.807, 2.05) is 0 Å². The fraction of sp³-hybridized carbons (Fsp3) is 0.118. The van der Waals surface area contributed by atoms with Crippen LogP contribution in [0.15, 0.2) is 29.1 Å². The smallest absolute Gasteiger partial charge is 0.261 e. The highest BCUT2D eigenvalue weighted by Crippen LogP contribution is 2.33. The van der Waals surface area contributed by atoms with Crippen molar-refractivity contribution in [3.8, 4) is 0 Å². The molecule has 0 saturated carbocycles. The minimum Gasteiger partial charge on any atom is -0.311 e. The summed E-state index contributed by atoms with van der Waals surface area (Å²) in [6.07, 6.45) is 0. The number of carbonyl (C=O) groups is 2. The number of aromatic nitrogens is 1. The second kappa shape index (κ2) is 3.82. The zero-order valence-corrected chi connectivity index (χ0v) is 12.1. The van der Waals surface area contributed by atoms with Crippen LogP contribution in [0.3, 0.4) is 0 Å². The summed E-state index contributed by atoms with van der Waals surface area (Å²) in [5.74, 6) is -0.698. The Bertz CT molecular complexity index is 1040. The normalized spacial score (nSPS) is 14.4. The molecular weight excluding hydrogens is 280 g/mol. The fourth-order valence-electron chi connectivity index (χ4n) is 3.21. The Hall–Kier alpha value is -2.95. The molecule has 2 heterocycles. The topological polar surface area (TPSA) is 59.4 Å². The van der Waals surface area contributed by atoms with E-state index in [1.54, 1.807) is 31.3 Å². The van der Waals surface area contributed by atoms with E-state index in [0.29, 0.717) is 32.6 Å². The van der Waals surface area contributed by atoms with Crippen molar-refractivity contribution in [2.24, 2.45) is 7.05 Å². The Kier molecular flexibility index (Phi) is 2.22. The van der Waals surface area contributed by atoms with Gasteiger partial charge in [-0.15, -0.1) is 0 Å². The standard InChI is InChI=1S/C17H12N2O3/c1-8-9-4-5-11-14-12(17(22)19(3)16(11)21)7-6-10(13(9)14)15(20)18(8)2/h4-7H,1H2,2-3H3. The van der Waals surface area contributed by atoms with Gasteiger partial charge in [-0.25, -0.2) is 0 Å². The van der Waals surface area contributed by atoms with Crippen LogP contribution in [0.1, 0.15) is 20.7 Å². The number of hydrogen-bond acceptors (Lipinski definition) is 3. The van der Waals surface area contributed by atoms with E-state index in [-0.39, 0.29) is 17.4 Å². The third-order valence-corrected chi connectivity index (χ3v) is 4.48. The zero-order valence-electron chi connectivity index (χ0n) is 12.1. The number of amides is 2. The van der Waals surface area contributed by atoms with Gasteiger partial charge in [0.2, 0.25) is 0 Å². The summed E-state index contributed by atoms with van der Waals surface area (Å²) >= 11 is 0. The predicted octanol–water partition coefficient (Wildman–Crippen LogP) is 1.05. The molecule has 5 nitrogen and oxygen atoms in total. The third kappa shape index (κ3) is 1.26. The highest BCUT2D eigenvalue weighted by atomic mass is 16.2. The van der Waals surface area contributed by atoms with E-state index in [2.05, 4.69) is 6.58 Å². The van der Waals surface area contributed by atoms with Gasteiger partial charge in [-0.05, 0) is 18.2 Å². The lowest BCUT2D eigenvalue weighted by molar-refractivity contribution is 0.0651. The van der Waals surface area contributed by atoms with E-state index < -0.39 is 0 Å². The van der Waals surface area contributed by atoms with Crippen molar-refractivity contribution in [2.45, 2.75) is 0 Å². The molecule has 0 unspecified atom stereocenters. The summed E-state index contributed by atoms with van der Waals surface area (Å²) in [5.41, 5.74) is 0.714. The van der Waals surface area contributed by atoms with Gasteiger partial charge in [-0.3, -0.25) is 19.3 Å². The zero-order chi connectivity index (χ0) is 15.8. The molecule has 4 rings (SSSR count). The second-order valence-corrected chi connectivity index (χ2v) is 5.55. The number of carbonyl (C=O) groups excluding carboxylic acids is 2. The second-order valence-electron chi connectivity index (χ2n) is 5.55. The van der Waals surface area contributed by atoms with Gasteiger partial charge in [0.1, 0.15) is 0 Å². The molecule has 2 amide bonds. The molecule has 5 heteroatoms. The van der Waals surface area contributed by atoms with Gasteiger partial charge < -0.3 is 4.57 Å². The lowest BCUT2D eigenvalue weighted by atomic mass is 9.90. The average molecular weight is 292 g/mol. The predicted molar refractivity (Wildman–Crippen MR) is 83.9 cm³/mol. The highest BCUT2D eigenvalue weighted by Gasteiger charge is 2.31. The van der Waals surface area contributed by atoms with Crippen molar-refractivity contribution in [1.82, 2.24) is 9.47 Å². The van der Waals surface area contributed by atoms with Crippen molar-refractivity contribution in [3.63, 3.8) is 0 Å². The van der Waals surface area contributed by atoms with Gasteiger partial charge in [-0.1, -0.05) is 12.6 Å². The van der Waals surface area contributed by atoms with E-state index >= 15 is 0 Å². The van der Waals surface area contributed by atoms with Gasteiger partial charge >= 0.3 is 0 Å². The van der Waals surface area contributed by atoms with Gasteiger partial charge in [0.05, 0.1) is 0 Å². The Morgan fingerprint density at radius 3 is 1.95 bits per heavy atom. The van der Waals surface area contributed by atoms with E-state index in [4.69, 9.17) is 0 Å². The first-order chi connectivity index (χ1) is 10.4. The maximum absolute atomic E-state index is 12.5. The molecule has 0 radical (unpaired) electrons. The van der Waals surface area contributed by atoms with Crippen LogP contribution < -0.4 is 10.9 Å². The fourth-order valence-corrected chi connectivity index (χ4v) is 3.21. The van der Waals surface area contributed by atoms with Gasteiger partial charge in [-0.2, -0.15) is 0 Å². The van der Waals surface area contributed by atoms with Gasteiger partial charge in [0, 0.05) is 52.1 Å². The minimum atomic E-state index is -0.349. The molecule has 0 saturated heterocycles. The molecule has 0 N–H and O–H groups in total. The number of benzene rings is 2. The Labute approximate surface area is 125 Å². The summed E-state index contributed by atoms with van der Waals surface area (Å²) in [5, 5.41) is 3.06. The van der Waals surface area contributed by atoms with Crippen LogP contribution in [-0.4, -0.2) is 28.3 Å². The first kappa shape index (κ1) is 12.8. The maximum Gasteiger partial charge on any atom is 0.261 e. The molecule has 1 aliphatic rings. The molecule has 0 spiro atoms. The average Bonchev–Trinajstić information content (AvgIpc) is 2.53. The van der Waals surface area contributed by atoms with Crippen molar-refractivity contribution in [1.29, 1.82) is 0 Å². The molecular formula is C17H12N2O3. The molecule has 0 atom stereocenters. The largest absolute Gasteiger partial charge is 0.311 e. The Morgan fingerprint density at radius 1 is 0.818 bits per heavy atom. The minimum absolute atomic E-state index is 0.181. The number of hydrogen-bond donors (Lipinski definition) is 0. The number of pyridine rings is 1. The monoisotopic (exact) mass is 292 g/mol. The van der Waals surface area contributed by atoms with Crippen LogP contribution in [0.5, 0.6) is 0 Å². The quantitative estimate of drug-likeness (QED) is 0.582. The summed E-state index contributed by atoms with van der Waals surface area (Å²) in [7, 11) is 3.13. The first-order valence-electron chi connectivity index (χ1n) is 6.83. The molecule has 3 aromatic rings. The van der Waals surface area contributed by atoms with Crippen LogP contribution in [0.25, 0.3) is 28.1 Å². The molecule has 1 aliphatic heterocycles. The van der Waals surface area contributed by atoms with E-state index in [1.165, 1.54) is 11.6 Å². The lowest BCUT2D eigenvalue weighted by Crippen LogP contribution is -2.38. The molecule has 1 aromatic heterocycles. The molecule has 22 heavy (non-hydrogen) atoms. The van der Waals surface area contributed by atoms with Crippen LogP contribution in [0, 0.1) is 0 Å². The molecule has 108 valence electrons. The van der Waals surface area contributed by atoms with Crippen LogP contribution in [0.4, 0.5) is 0 Å². The first-order valence-corrected chi connectivity index (χ1v) is 6.83. The van der Waals surface area contributed by atoms with Crippen LogP contribution >= 0.6 is 0 Å². The highest BCUT2D eigenvalue weighted by molar-refractivity contribution is 6.29. The Balaban J connectivity index is 2.41. The number of imide groups is 1. The van der Waals surface area contributed by atoms with Gasteiger partial charge in [0.25, 0.3) is 17.4 Å². The van der Waals surface area contributed by atoms with E-state index in [0.717, 1.165) is 10.3 Å². The number of rotatable bonds is 0. The lowest BCUT2D eigenvalue weighted by Gasteiger charge is -2.24. The number of nitrogens with zero attached hydrogens (tertiary/aromatic N) is 2. The van der Waals surface area contributed by atoms with Crippen molar-refractivity contribution < 1.29 is 9.59 Å². The van der Waals surface area contributed by atoms with Crippen LogP contribution in [0.2, 0.25) is 0 Å². The van der Waals surface area contributed by atoms with E-state index in [9.17, 15) is 14.4 Å². The molecule has 2 aromatic carbocycles. The van der Waals surface area contributed by atoms with Gasteiger partial charge in [0.15, 0.2) is 0 Å². The summed E-state index contributed by atoms with van der Waals surface area (Å²) in [6.45, 7) is 3.95. The third-order valence-electron chi connectivity index (χ3n) is 4.48. The van der Waals surface area contributed by atoms with Crippen LogP contribution in [-0.2, 0) is 7.05 Å². The Morgan fingerprint density at radius 2 is 1.36 bits per heavy atom. The molecule has 0 fully saturated rings.